The van der Waals surface area contributed by atoms with Gasteiger partial charge in [-0.05, 0) is 52.3 Å². The van der Waals surface area contributed by atoms with E-state index in [1.54, 1.807) is 6.07 Å². The molecule has 0 aliphatic heterocycles. The number of amides is 1. The van der Waals surface area contributed by atoms with Crippen molar-refractivity contribution in [1.82, 2.24) is 4.98 Å². The lowest BCUT2D eigenvalue weighted by Gasteiger charge is -2.19. The Morgan fingerprint density at radius 1 is 1.44 bits per heavy atom. The fraction of sp³-hybridized carbons (Fsp3) is 0.538. The lowest BCUT2D eigenvalue weighted by atomic mass is 10.2. The predicted molar refractivity (Wildman–Crippen MR) is 71.5 cm³/mol. The topological polar surface area (TPSA) is 77.2 Å². The number of nitrogens with two attached hydrogens (primary N) is 1. The fourth-order valence-electron chi connectivity index (χ4n) is 1.38. The Kier molecular flexibility index (Phi) is 5.09. The summed E-state index contributed by atoms with van der Waals surface area (Å²) in [4.78, 5) is 15.9. The number of aryl methyl sites for hydroxylation is 1. The van der Waals surface area contributed by atoms with Gasteiger partial charge >= 0.3 is 6.09 Å². The minimum Gasteiger partial charge on any atom is -0.444 e. The monoisotopic (exact) mass is 251 g/mol. The minimum absolute atomic E-state index is 0.494. The number of hydrogen-bond donors (Lipinski definition) is 2. The molecular weight excluding hydrogens is 230 g/mol. The maximum absolute atomic E-state index is 11.6. The highest BCUT2D eigenvalue weighted by molar-refractivity contribution is 5.83. The average Bonchev–Trinajstić information content (AvgIpc) is 2.24. The number of aromatic nitrogens is 1. The molecule has 0 spiro atoms. The Bertz CT molecular complexity index is 399. The third-order valence-electron chi connectivity index (χ3n) is 2.07. The van der Waals surface area contributed by atoms with Crippen molar-refractivity contribution in [2.75, 3.05) is 11.9 Å². The SMILES string of the molecule is CC(C)(C)OC(=O)Nc1cccc(CCCN)n1. The van der Waals surface area contributed by atoms with Crippen molar-refractivity contribution in [2.24, 2.45) is 5.73 Å². The van der Waals surface area contributed by atoms with Gasteiger partial charge in [0.2, 0.25) is 0 Å². The molecule has 1 heterocycles. The normalized spacial score (nSPS) is 11.1. The van der Waals surface area contributed by atoms with Gasteiger partial charge in [-0.1, -0.05) is 6.07 Å². The number of nitrogens with zero attached hydrogens (tertiary/aromatic N) is 1. The van der Waals surface area contributed by atoms with Gasteiger partial charge in [0.25, 0.3) is 0 Å². The molecule has 1 aromatic heterocycles. The van der Waals surface area contributed by atoms with Gasteiger partial charge in [0.05, 0.1) is 0 Å². The van der Waals surface area contributed by atoms with Crippen LogP contribution in [0, 0.1) is 0 Å². The molecule has 0 atom stereocenters. The van der Waals surface area contributed by atoms with Crippen LogP contribution in [0.2, 0.25) is 0 Å². The maximum Gasteiger partial charge on any atom is 0.413 e. The van der Waals surface area contributed by atoms with Crippen LogP contribution in [0.15, 0.2) is 18.2 Å². The molecule has 5 nitrogen and oxygen atoms in total. The number of anilines is 1. The van der Waals surface area contributed by atoms with E-state index in [0.717, 1.165) is 18.5 Å². The lowest BCUT2D eigenvalue weighted by molar-refractivity contribution is 0.0635. The summed E-state index contributed by atoms with van der Waals surface area (Å²) >= 11 is 0. The van der Waals surface area contributed by atoms with Crippen molar-refractivity contribution in [1.29, 1.82) is 0 Å². The van der Waals surface area contributed by atoms with Gasteiger partial charge in [0.1, 0.15) is 11.4 Å². The molecule has 0 unspecified atom stereocenters. The van der Waals surface area contributed by atoms with Crippen LogP contribution in [-0.4, -0.2) is 23.2 Å². The largest absolute Gasteiger partial charge is 0.444 e. The zero-order chi connectivity index (χ0) is 13.6. The third-order valence-corrected chi connectivity index (χ3v) is 2.07. The zero-order valence-corrected chi connectivity index (χ0v) is 11.2. The van der Waals surface area contributed by atoms with Crippen LogP contribution in [0.25, 0.3) is 0 Å². The zero-order valence-electron chi connectivity index (χ0n) is 11.2. The third kappa shape index (κ3) is 5.63. The van der Waals surface area contributed by atoms with Crippen molar-refractivity contribution in [3.8, 4) is 0 Å². The summed E-state index contributed by atoms with van der Waals surface area (Å²) < 4.78 is 5.15. The molecule has 0 bridgehead atoms. The van der Waals surface area contributed by atoms with E-state index in [9.17, 15) is 4.79 Å². The molecule has 3 N–H and O–H groups in total. The van der Waals surface area contributed by atoms with Crippen molar-refractivity contribution < 1.29 is 9.53 Å². The summed E-state index contributed by atoms with van der Waals surface area (Å²) in [6.07, 6.45) is 1.19. The molecule has 0 aliphatic carbocycles. The number of carbonyl (C=O) groups is 1. The summed E-state index contributed by atoms with van der Waals surface area (Å²) in [6.45, 7) is 6.08. The highest BCUT2D eigenvalue weighted by Gasteiger charge is 2.16. The first-order chi connectivity index (χ1) is 8.40. The second kappa shape index (κ2) is 6.35. The molecule has 1 rings (SSSR count). The van der Waals surface area contributed by atoms with Gasteiger partial charge in [-0.25, -0.2) is 9.78 Å². The van der Waals surface area contributed by atoms with Gasteiger partial charge in [-0.3, -0.25) is 5.32 Å². The standard InChI is InChI=1S/C13H21N3O2/c1-13(2,3)18-12(17)16-11-8-4-6-10(15-11)7-5-9-14/h4,6,8H,5,7,9,14H2,1-3H3,(H,15,16,17). The number of carbonyl (C=O) groups excluding carboxylic acids is 1. The Balaban J connectivity index is 2.59. The van der Waals surface area contributed by atoms with E-state index in [1.165, 1.54) is 0 Å². The number of hydrogen-bond acceptors (Lipinski definition) is 4. The lowest BCUT2D eigenvalue weighted by Crippen LogP contribution is -2.27. The Morgan fingerprint density at radius 3 is 2.78 bits per heavy atom. The van der Waals surface area contributed by atoms with E-state index in [-0.39, 0.29) is 0 Å². The highest BCUT2D eigenvalue weighted by Crippen LogP contribution is 2.11. The molecule has 0 radical (unpaired) electrons. The molecule has 0 aliphatic rings. The molecule has 0 aromatic carbocycles. The van der Waals surface area contributed by atoms with E-state index in [2.05, 4.69) is 10.3 Å². The molecule has 0 fully saturated rings. The first kappa shape index (κ1) is 14.4. The van der Waals surface area contributed by atoms with Crippen LogP contribution in [-0.2, 0) is 11.2 Å². The van der Waals surface area contributed by atoms with Gasteiger partial charge in [-0.2, -0.15) is 0 Å². The molecule has 1 amide bonds. The number of nitrogens with one attached hydrogen (secondary N) is 1. The number of pyridine rings is 1. The van der Waals surface area contributed by atoms with E-state index >= 15 is 0 Å². The highest BCUT2D eigenvalue weighted by atomic mass is 16.6. The van der Waals surface area contributed by atoms with Crippen molar-refractivity contribution >= 4 is 11.9 Å². The van der Waals surface area contributed by atoms with Crippen molar-refractivity contribution in [3.05, 3.63) is 23.9 Å². The summed E-state index contributed by atoms with van der Waals surface area (Å²) in [5, 5.41) is 2.61. The van der Waals surface area contributed by atoms with Gasteiger partial charge in [0, 0.05) is 5.69 Å². The van der Waals surface area contributed by atoms with E-state index < -0.39 is 11.7 Å². The minimum atomic E-state index is -0.513. The Morgan fingerprint density at radius 2 is 2.17 bits per heavy atom. The first-order valence-corrected chi connectivity index (χ1v) is 6.07. The van der Waals surface area contributed by atoms with Crippen molar-refractivity contribution in [2.45, 2.75) is 39.2 Å². The van der Waals surface area contributed by atoms with Gasteiger partial charge in [0.15, 0.2) is 0 Å². The van der Waals surface area contributed by atoms with Crippen LogP contribution in [0.5, 0.6) is 0 Å². The van der Waals surface area contributed by atoms with Gasteiger partial charge < -0.3 is 10.5 Å². The van der Waals surface area contributed by atoms with Crippen LogP contribution < -0.4 is 11.1 Å². The van der Waals surface area contributed by atoms with Crippen molar-refractivity contribution in [3.63, 3.8) is 0 Å². The second-order valence-electron chi connectivity index (χ2n) is 5.03. The maximum atomic E-state index is 11.6. The molecular formula is C13H21N3O2. The second-order valence-corrected chi connectivity index (χ2v) is 5.03. The van der Waals surface area contributed by atoms with E-state index in [1.807, 2.05) is 32.9 Å². The molecule has 18 heavy (non-hydrogen) atoms. The van der Waals surface area contributed by atoms with E-state index in [4.69, 9.17) is 10.5 Å². The summed E-state index contributed by atoms with van der Waals surface area (Å²) in [7, 11) is 0. The summed E-state index contributed by atoms with van der Waals surface area (Å²) in [6, 6.07) is 5.50. The fourth-order valence-corrected chi connectivity index (χ4v) is 1.38. The smallest absolute Gasteiger partial charge is 0.413 e. The molecule has 0 saturated heterocycles. The quantitative estimate of drug-likeness (QED) is 0.861. The molecule has 100 valence electrons. The number of ether oxygens (including phenoxy) is 1. The summed E-state index contributed by atoms with van der Waals surface area (Å²) in [5.41, 5.74) is 5.85. The molecule has 0 saturated carbocycles. The molecule has 5 heteroatoms. The van der Waals surface area contributed by atoms with Crippen LogP contribution in [0.3, 0.4) is 0 Å². The van der Waals surface area contributed by atoms with E-state index in [0.29, 0.717) is 12.4 Å². The van der Waals surface area contributed by atoms with Gasteiger partial charge in [-0.15, -0.1) is 0 Å². The van der Waals surface area contributed by atoms with Crippen LogP contribution in [0.4, 0.5) is 10.6 Å². The Hall–Kier alpha value is -1.62. The first-order valence-electron chi connectivity index (χ1n) is 6.07. The van der Waals surface area contributed by atoms with Crippen LogP contribution >= 0.6 is 0 Å². The number of rotatable bonds is 4. The average molecular weight is 251 g/mol. The predicted octanol–water partition coefficient (Wildman–Crippen LogP) is 2.32. The Labute approximate surface area is 108 Å². The summed E-state index contributed by atoms with van der Waals surface area (Å²) in [5.74, 6) is 0.499. The van der Waals surface area contributed by atoms with Crippen LogP contribution in [0.1, 0.15) is 32.9 Å². The molecule has 1 aromatic rings.